The molecule has 0 saturated carbocycles. The maximum absolute atomic E-state index is 11.6. The number of carbonyl (C=O) groups is 1. The number of carbonyl (C=O) groups excluding carboxylic acids is 1. The summed E-state index contributed by atoms with van der Waals surface area (Å²) in [6.45, 7) is 4.02. The number of nitrogens with one attached hydrogen (secondary N) is 1. The fraction of sp³-hybridized carbons (Fsp3) is 0.533. The molecule has 0 aliphatic rings. The summed E-state index contributed by atoms with van der Waals surface area (Å²) in [5, 5.41) is 4.06. The molecule has 0 fully saturated rings. The van der Waals surface area contributed by atoms with Crippen molar-refractivity contribution in [1.82, 2.24) is 10.4 Å². The Morgan fingerprint density at radius 1 is 1.26 bits per heavy atom. The van der Waals surface area contributed by atoms with Crippen molar-refractivity contribution in [1.29, 1.82) is 0 Å². The second-order valence-corrected chi connectivity index (χ2v) is 4.61. The Kier molecular flexibility index (Phi) is 7.47. The van der Waals surface area contributed by atoms with Crippen molar-refractivity contribution in [3.63, 3.8) is 0 Å². The second kappa shape index (κ2) is 9.25. The first-order valence-corrected chi connectivity index (χ1v) is 6.98. The third-order valence-electron chi connectivity index (χ3n) is 2.89. The van der Waals surface area contributed by atoms with E-state index in [9.17, 15) is 4.79 Å². The highest BCUT2D eigenvalue weighted by Crippen LogP contribution is 2.04. The maximum Gasteiger partial charge on any atom is 0.240 e. The minimum absolute atomic E-state index is 0.0215. The summed E-state index contributed by atoms with van der Waals surface area (Å²) in [6, 6.07) is 5.62. The normalized spacial score (nSPS) is 11.4. The maximum atomic E-state index is 11.6. The number of hydrogen-bond acceptors (Lipinski definition) is 3. The molecule has 0 saturated heterocycles. The number of hydrogen-bond donors (Lipinski definition) is 1. The number of unbranched alkanes of at least 4 members (excludes halogenated alkanes) is 4. The quantitative estimate of drug-likeness (QED) is 0.443. The van der Waals surface area contributed by atoms with Gasteiger partial charge in [0.25, 0.3) is 0 Å². The molecule has 1 rings (SSSR count). The van der Waals surface area contributed by atoms with Gasteiger partial charge in [-0.3, -0.25) is 9.78 Å². The predicted octanol–water partition coefficient (Wildman–Crippen LogP) is 3.28. The number of amides is 1. The molecule has 1 amide bonds. The molecule has 1 aromatic rings. The summed E-state index contributed by atoms with van der Waals surface area (Å²) in [4.78, 5) is 15.7. The van der Waals surface area contributed by atoms with Gasteiger partial charge in [-0.2, -0.15) is 5.10 Å². The average molecular weight is 261 g/mol. The number of hydrazone groups is 1. The molecule has 19 heavy (non-hydrogen) atoms. The summed E-state index contributed by atoms with van der Waals surface area (Å²) < 4.78 is 0. The summed E-state index contributed by atoms with van der Waals surface area (Å²) in [6.07, 6.45) is 7.99. The fourth-order valence-corrected chi connectivity index (χ4v) is 1.73. The zero-order chi connectivity index (χ0) is 13.9. The molecule has 0 radical (unpaired) electrons. The van der Waals surface area contributed by atoms with Crippen LogP contribution >= 0.6 is 0 Å². The Morgan fingerprint density at radius 2 is 2.05 bits per heavy atom. The van der Waals surface area contributed by atoms with E-state index in [0.29, 0.717) is 6.42 Å². The van der Waals surface area contributed by atoms with Gasteiger partial charge in [0.15, 0.2) is 0 Å². The standard InChI is InChI=1S/C15H23N3O/c1-3-4-5-6-7-11-15(19)18-17-13(2)14-10-8-9-12-16-14/h8-10,12H,3-7,11H2,1-2H3,(H,18,19). The van der Waals surface area contributed by atoms with Gasteiger partial charge in [0.05, 0.1) is 11.4 Å². The van der Waals surface area contributed by atoms with Gasteiger partial charge in [-0.1, -0.05) is 38.7 Å². The van der Waals surface area contributed by atoms with Gasteiger partial charge in [-0.25, -0.2) is 5.43 Å². The summed E-state index contributed by atoms with van der Waals surface area (Å²) in [7, 11) is 0. The number of aromatic nitrogens is 1. The lowest BCUT2D eigenvalue weighted by Gasteiger charge is -2.02. The lowest BCUT2D eigenvalue weighted by atomic mass is 10.1. The third kappa shape index (κ3) is 6.70. The van der Waals surface area contributed by atoms with Gasteiger partial charge >= 0.3 is 0 Å². The highest BCUT2D eigenvalue weighted by molar-refractivity contribution is 5.97. The van der Waals surface area contributed by atoms with E-state index in [-0.39, 0.29) is 5.91 Å². The average Bonchev–Trinajstić information content (AvgIpc) is 2.45. The Labute approximate surface area is 115 Å². The van der Waals surface area contributed by atoms with Crippen molar-refractivity contribution in [3.8, 4) is 0 Å². The summed E-state index contributed by atoms with van der Waals surface area (Å²) in [5.41, 5.74) is 4.09. The predicted molar refractivity (Wildman–Crippen MR) is 78.0 cm³/mol. The molecule has 1 heterocycles. The zero-order valence-corrected chi connectivity index (χ0v) is 11.9. The Hall–Kier alpha value is -1.71. The minimum Gasteiger partial charge on any atom is -0.273 e. The summed E-state index contributed by atoms with van der Waals surface area (Å²) >= 11 is 0. The molecule has 104 valence electrons. The first-order chi connectivity index (χ1) is 9.24. The van der Waals surface area contributed by atoms with E-state index in [0.717, 1.165) is 24.2 Å². The Bertz CT molecular complexity index is 401. The molecule has 0 aliphatic carbocycles. The van der Waals surface area contributed by atoms with Crippen LogP contribution in [-0.4, -0.2) is 16.6 Å². The first kappa shape index (κ1) is 15.3. The second-order valence-electron chi connectivity index (χ2n) is 4.61. The Balaban J connectivity index is 2.25. The molecule has 0 spiro atoms. The van der Waals surface area contributed by atoms with E-state index in [4.69, 9.17) is 0 Å². The van der Waals surface area contributed by atoms with Gasteiger partial charge in [0.2, 0.25) is 5.91 Å². The molecule has 1 N–H and O–H groups in total. The number of rotatable bonds is 8. The third-order valence-corrected chi connectivity index (χ3v) is 2.89. The van der Waals surface area contributed by atoms with Crippen LogP contribution in [0.2, 0.25) is 0 Å². The van der Waals surface area contributed by atoms with Crippen LogP contribution in [-0.2, 0) is 4.79 Å². The minimum atomic E-state index is -0.0215. The number of nitrogens with zero attached hydrogens (tertiary/aromatic N) is 2. The molecule has 0 bridgehead atoms. The van der Waals surface area contributed by atoms with E-state index in [1.807, 2.05) is 25.1 Å². The van der Waals surface area contributed by atoms with E-state index in [2.05, 4.69) is 22.4 Å². The van der Waals surface area contributed by atoms with E-state index in [1.165, 1.54) is 19.3 Å². The molecule has 0 aliphatic heterocycles. The number of pyridine rings is 1. The molecule has 0 aromatic carbocycles. The highest BCUT2D eigenvalue weighted by Gasteiger charge is 2.01. The van der Waals surface area contributed by atoms with E-state index < -0.39 is 0 Å². The summed E-state index contributed by atoms with van der Waals surface area (Å²) in [5.74, 6) is -0.0215. The van der Waals surface area contributed by atoms with Crippen LogP contribution in [0.25, 0.3) is 0 Å². The fourth-order valence-electron chi connectivity index (χ4n) is 1.73. The first-order valence-electron chi connectivity index (χ1n) is 6.98. The van der Waals surface area contributed by atoms with Crippen molar-refractivity contribution in [2.24, 2.45) is 5.10 Å². The van der Waals surface area contributed by atoms with Crippen molar-refractivity contribution in [2.75, 3.05) is 0 Å². The lowest BCUT2D eigenvalue weighted by Crippen LogP contribution is -2.19. The molecule has 4 nitrogen and oxygen atoms in total. The molecular weight excluding hydrogens is 238 g/mol. The topological polar surface area (TPSA) is 54.4 Å². The Morgan fingerprint density at radius 3 is 2.74 bits per heavy atom. The van der Waals surface area contributed by atoms with Crippen LogP contribution in [0.15, 0.2) is 29.5 Å². The molecule has 0 atom stereocenters. The molecule has 4 heteroatoms. The van der Waals surface area contributed by atoms with Gasteiger partial charge in [-0.15, -0.1) is 0 Å². The van der Waals surface area contributed by atoms with Crippen molar-refractivity contribution in [2.45, 2.75) is 52.4 Å². The van der Waals surface area contributed by atoms with Crippen molar-refractivity contribution < 1.29 is 4.79 Å². The van der Waals surface area contributed by atoms with Gasteiger partial charge < -0.3 is 0 Å². The largest absolute Gasteiger partial charge is 0.273 e. The van der Waals surface area contributed by atoms with Crippen LogP contribution in [0.4, 0.5) is 0 Å². The molecule has 0 unspecified atom stereocenters. The van der Waals surface area contributed by atoms with Crippen LogP contribution in [0.3, 0.4) is 0 Å². The van der Waals surface area contributed by atoms with E-state index >= 15 is 0 Å². The molecular formula is C15H23N3O. The van der Waals surface area contributed by atoms with Gasteiger partial charge in [0.1, 0.15) is 0 Å². The SMILES string of the molecule is CCCCCCCC(=O)NN=C(C)c1ccccn1. The van der Waals surface area contributed by atoms with Crippen molar-refractivity contribution >= 4 is 11.6 Å². The highest BCUT2D eigenvalue weighted by atomic mass is 16.2. The lowest BCUT2D eigenvalue weighted by molar-refractivity contribution is -0.121. The van der Waals surface area contributed by atoms with E-state index in [1.54, 1.807) is 6.20 Å². The molecule has 1 aromatic heterocycles. The van der Waals surface area contributed by atoms with Crippen LogP contribution < -0.4 is 5.43 Å². The van der Waals surface area contributed by atoms with Crippen LogP contribution in [0.1, 0.15) is 58.1 Å². The smallest absolute Gasteiger partial charge is 0.240 e. The van der Waals surface area contributed by atoms with Crippen LogP contribution in [0, 0.1) is 0 Å². The van der Waals surface area contributed by atoms with Crippen LogP contribution in [0.5, 0.6) is 0 Å². The zero-order valence-electron chi connectivity index (χ0n) is 11.9. The van der Waals surface area contributed by atoms with Crippen molar-refractivity contribution in [3.05, 3.63) is 30.1 Å². The van der Waals surface area contributed by atoms with Gasteiger partial charge in [-0.05, 0) is 25.5 Å². The monoisotopic (exact) mass is 261 g/mol. The van der Waals surface area contributed by atoms with Gasteiger partial charge in [0, 0.05) is 12.6 Å².